The molecule has 0 aliphatic carbocycles. The Bertz CT molecular complexity index is 1440. The molecule has 1 heterocycles. The van der Waals surface area contributed by atoms with Gasteiger partial charge in [-0.2, -0.15) is 13.2 Å². The van der Waals surface area contributed by atoms with Crippen LogP contribution < -0.4 is 36.5 Å². The Hall–Kier alpha value is -4.81. The van der Waals surface area contributed by atoms with Crippen molar-refractivity contribution < 1.29 is 50.6 Å². The van der Waals surface area contributed by atoms with Gasteiger partial charge in [0.25, 0.3) is 15.6 Å². The number of ether oxygens (including phenoxy) is 2. The summed E-state index contributed by atoms with van der Waals surface area (Å²) in [6, 6.07) is 6.07. The molecule has 0 unspecified atom stereocenters. The molecule has 42 heavy (non-hydrogen) atoms. The smallest absolute Gasteiger partial charge is 0.490 e. The van der Waals surface area contributed by atoms with E-state index in [2.05, 4.69) is 15.0 Å². The SMILES string of the molecule is COc1ccc(OC)c(S(=O)(=O)Nc2cccn(CC(=O)N[C@H](C=O)CCCN=C(N)N)c2=O)c1.O=C(O)C(F)(F)F. The van der Waals surface area contributed by atoms with Gasteiger partial charge in [0.05, 0.1) is 20.3 Å². The number of nitrogens with one attached hydrogen (secondary N) is 2. The van der Waals surface area contributed by atoms with Crippen LogP contribution in [-0.4, -0.2) is 75.2 Å². The number of amides is 1. The summed E-state index contributed by atoms with van der Waals surface area (Å²) in [6.45, 7) is -0.141. The fourth-order valence-corrected chi connectivity index (χ4v) is 4.28. The molecular formula is C23H29F3N6O9S. The van der Waals surface area contributed by atoms with Gasteiger partial charge in [-0.05, 0) is 37.1 Å². The van der Waals surface area contributed by atoms with E-state index in [1.54, 1.807) is 0 Å². The number of nitrogens with zero attached hydrogens (tertiary/aromatic N) is 2. The lowest BCUT2D eigenvalue weighted by Crippen LogP contribution is -2.40. The predicted octanol–water partition coefficient (Wildman–Crippen LogP) is 0.0369. The highest BCUT2D eigenvalue weighted by Gasteiger charge is 2.38. The number of aliphatic imine (C=N–C) groups is 1. The van der Waals surface area contributed by atoms with Crippen LogP contribution in [0.1, 0.15) is 12.8 Å². The number of halogens is 3. The van der Waals surface area contributed by atoms with Gasteiger partial charge in [-0.25, -0.2) is 13.2 Å². The maximum absolute atomic E-state index is 12.9. The van der Waals surface area contributed by atoms with E-state index in [4.69, 9.17) is 30.8 Å². The maximum atomic E-state index is 12.9. The van der Waals surface area contributed by atoms with Crippen molar-refractivity contribution in [1.29, 1.82) is 0 Å². The van der Waals surface area contributed by atoms with Gasteiger partial charge in [-0.1, -0.05) is 0 Å². The number of anilines is 1. The van der Waals surface area contributed by atoms with Crippen LogP contribution in [0.2, 0.25) is 0 Å². The second-order valence-corrected chi connectivity index (χ2v) is 9.69. The standard InChI is InChI=1S/C21H28N6O7S.C2HF3O2/c1-33-15-7-8-17(34-2)18(11-15)35(31,32)26-16-6-4-10-27(20(16)30)12-19(29)25-14(13-28)5-3-9-24-21(22)23;3-2(4,5)1(6)7/h4,6-8,10-11,13-14,26H,3,5,9,12H2,1-2H3,(H,25,29)(H4,22,23,24);(H,6,7)/t14-;/m0./s1. The van der Waals surface area contributed by atoms with E-state index in [1.165, 1.54) is 50.7 Å². The van der Waals surface area contributed by atoms with E-state index in [9.17, 15) is 36.0 Å². The summed E-state index contributed by atoms with van der Waals surface area (Å²) in [5.74, 6) is -3.12. The summed E-state index contributed by atoms with van der Waals surface area (Å²) in [7, 11) is -1.55. The average molecular weight is 623 g/mol. The van der Waals surface area contributed by atoms with Crippen molar-refractivity contribution in [3.8, 4) is 11.5 Å². The fourth-order valence-electron chi connectivity index (χ4n) is 3.03. The van der Waals surface area contributed by atoms with Crippen molar-refractivity contribution in [3.05, 3.63) is 46.9 Å². The van der Waals surface area contributed by atoms with E-state index < -0.39 is 46.2 Å². The predicted molar refractivity (Wildman–Crippen MR) is 143 cm³/mol. The minimum absolute atomic E-state index is 0.0497. The van der Waals surface area contributed by atoms with Crippen LogP contribution in [0.3, 0.4) is 0 Å². The number of methoxy groups -OCH3 is 2. The Balaban J connectivity index is 0.00000112. The highest BCUT2D eigenvalue weighted by atomic mass is 32.2. The molecule has 0 spiro atoms. The second kappa shape index (κ2) is 15.8. The molecule has 0 saturated carbocycles. The number of carboxylic acid groups (broad SMARTS) is 1. The van der Waals surface area contributed by atoms with Gasteiger partial charge in [0.2, 0.25) is 5.91 Å². The van der Waals surface area contributed by atoms with E-state index in [-0.39, 0.29) is 28.0 Å². The zero-order chi connectivity index (χ0) is 32.1. The molecule has 0 radical (unpaired) electrons. The summed E-state index contributed by atoms with van der Waals surface area (Å²) in [6.07, 6.45) is -2.45. The minimum Gasteiger partial charge on any atom is -0.497 e. The van der Waals surface area contributed by atoms with Gasteiger partial charge >= 0.3 is 12.1 Å². The summed E-state index contributed by atoms with van der Waals surface area (Å²) in [5, 5.41) is 9.63. The van der Waals surface area contributed by atoms with Crippen LogP contribution in [0.5, 0.6) is 11.5 Å². The molecule has 1 aromatic heterocycles. The number of aliphatic carboxylic acids is 1. The summed E-state index contributed by atoms with van der Waals surface area (Å²) in [5.41, 5.74) is 9.43. The Labute approximate surface area is 237 Å². The maximum Gasteiger partial charge on any atom is 0.490 e. The Kier molecular flexibility index (Phi) is 13.3. The van der Waals surface area contributed by atoms with Crippen molar-refractivity contribution in [2.45, 2.75) is 36.5 Å². The number of carboxylic acids is 1. The molecule has 0 saturated heterocycles. The largest absolute Gasteiger partial charge is 0.497 e. The monoisotopic (exact) mass is 622 g/mol. The number of aldehydes is 1. The normalized spacial score (nSPS) is 11.6. The summed E-state index contributed by atoms with van der Waals surface area (Å²) < 4.78 is 71.0. The first-order valence-corrected chi connectivity index (χ1v) is 13.1. The van der Waals surface area contributed by atoms with Crippen molar-refractivity contribution >= 4 is 39.8 Å². The second-order valence-electron chi connectivity index (χ2n) is 8.04. The lowest BCUT2D eigenvalue weighted by Gasteiger charge is -2.15. The molecule has 0 aliphatic rings. The Morgan fingerprint density at radius 2 is 1.83 bits per heavy atom. The number of carbonyl (C=O) groups excluding carboxylic acids is 2. The molecule has 2 rings (SSSR count). The van der Waals surface area contributed by atoms with Gasteiger partial charge in [0, 0.05) is 18.8 Å². The van der Waals surface area contributed by atoms with Gasteiger partial charge in [0.15, 0.2) is 5.96 Å². The Morgan fingerprint density at radius 3 is 2.36 bits per heavy atom. The fraction of sp³-hybridized carbons (Fsp3) is 0.348. The van der Waals surface area contributed by atoms with Crippen LogP contribution in [0.4, 0.5) is 18.9 Å². The first-order chi connectivity index (χ1) is 19.5. The molecule has 15 nitrogen and oxygen atoms in total. The van der Waals surface area contributed by atoms with Crippen molar-refractivity contribution in [2.24, 2.45) is 16.5 Å². The highest BCUT2D eigenvalue weighted by molar-refractivity contribution is 7.92. The third-order valence-corrected chi connectivity index (χ3v) is 6.35. The third-order valence-electron chi connectivity index (χ3n) is 4.96. The molecule has 0 fully saturated rings. The number of sulfonamides is 1. The molecule has 7 N–H and O–H groups in total. The van der Waals surface area contributed by atoms with E-state index in [0.717, 1.165) is 4.57 Å². The van der Waals surface area contributed by atoms with Gasteiger partial charge in [-0.3, -0.25) is 19.3 Å². The number of pyridine rings is 1. The summed E-state index contributed by atoms with van der Waals surface area (Å²) in [4.78, 5) is 48.9. The first kappa shape index (κ1) is 35.2. The van der Waals surface area contributed by atoms with Crippen LogP contribution in [0.25, 0.3) is 0 Å². The number of aromatic nitrogens is 1. The molecule has 0 aliphatic heterocycles. The highest BCUT2D eigenvalue weighted by Crippen LogP contribution is 2.29. The van der Waals surface area contributed by atoms with Gasteiger partial charge < -0.3 is 40.7 Å². The van der Waals surface area contributed by atoms with Crippen LogP contribution >= 0.6 is 0 Å². The zero-order valence-corrected chi connectivity index (χ0v) is 23.1. The number of nitrogens with two attached hydrogens (primary N) is 2. The quantitative estimate of drug-likeness (QED) is 0.0865. The molecule has 0 bridgehead atoms. The van der Waals surface area contributed by atoms with Crippen molar-refractivity contribution in [1.82, 2.24) is 9.88 Å². The summed E-state index contributed by atoms with van der Waals surface area (Å²) >= 11 is 0. The molecule has 1 atom stereocenters. The van der Waals surface area contributed by atoms with E-state index >= 15 is 0 Å². The number of carbonyl (C=O) groups is 3. The molecule has 19 heteroatoms. The van der Waals surface area contributed by atoms with Crippen LogP contribution in [0.15, 0.2) is 51.2 Å². The number of guanidine groups is 1. The molecule has 1 amide bonds. The minimum atomic E-state index is -5.08. The molecule has 1 aromatic carbocycles. The molecular weight excluding hydrogens is 593 g/mol. The lowest BCUT2D eigenvalue weighted by atomic mass is 10.2. The van der Waals surface area contributed by atoms with E-state index in [0.29, 0.717) is 25.7 Å². The van der Waals surface area contributed by atoms with Gasteiger partial charge in [-0.15, -0.1) is 0 Å². The number of hydrogen-bond donors (Lipinski definition) is 5. The average Bonchev–Trinajstić information content (AvgIpc) is 2.91. The van der Waals surface area contributed by atoms with Crippen LogP contribution in [0, 0.1) is 0 Å². The van der Waals surface area contributed by atoms with Crippen LogP contribution in [-0.2, 0) is 31.0 Å². The molecule has 232 valence electrons. The first-order valence-electron chi connectivity index (χ1n) is 11.6. The van der Waals surface area contributed by atoms with E-state index in [1.807, 2.05) is 0 Å². The lowest BCUT2D eigenvalue weighted by molar-refractivity contribution is -0.192. The number of hydrogen-bond acceptors (Lipinski definition) is 9. The zero-order valence-electron chi connectivity index (χ0n) is 22.3. The number of benzene rings is 1. The Morgan fingerprint density at radius 1 is 1.19 bits per heavy atom. The third kappa shape index (κ3) is 11.4. The number of rotatable bonds is 13. The topological polar surface area (TPSA) is 234 Å². The van der Waals surface area contributed by atoms with Crippen molar-refractivity contribution in [3.63, 3.8) is 0 Å². The molecule has 2 aromatic rings. The van der Waals surface area contributed by atoms with Gasteiger partial charge in [0.1, 0.15) is 34.9 Å². The number of alkyl halides is 3. The van der Waals surface area contributed by atoms with Crippen molar-refractivity contribution in [2.75, 3.05) is 25.5 Å².